The van der Waals surface area contributed by atoms with Crippen LogP contribution in [0.2, 0.25) is 0 Å². The summed E-state index contributed by atoms with van der Waals surface area (Å²) in [5.41, 5.74) is 3.89. The lowest BCUT2D eigenvalue weighted by Gasteiger charge is -2.35. The first-order chi connectivity index (χ1) is 9.70. The van der Waals surface area contributed by atoms with Crippen molar-refractivity contribution in [2.75, 3.05) is 31.1 Å². The van der Waals surface area contributed by atoms with Crippen molar-refractivity contribution in [1.29, 1.82) is 0 Å². The molecule has 4 heteroatoms. The Balaban J connectivity index is 1.55. The van der Waals surface area contributed by atoms with Crippen LogP contribution in [0.25, 0.3) is 0 Å². The van der Waals surface area contributed by atoms with Crippen molar-refractivity contribution in [3.05, 3.63) is 45.9 Å². The molecule has 0 amide bonds. The number of benzene rings is 1. The third-order valence-electron chi connectivity index (χ3n) is 3.82. The minimum absolute atomic E-state index is 0.992. The fourth-order valence-electron chi connectivity index (χ4n) is 2.63. The Hall–Kier alpha value is -1.39. The molecule has 20 heavy (non-hydrogen) atoms. The summed E-state index contributed by atoms with van der Waals surface area (Å²) in [7, 11) is 0. The Bertz CT molecular complexity index is 553. The molecule has 1 fully saturated rings. The van der Waals surface area contributed by atoms with Crippen molar-refractivity contribution in [1.82, 2.24) is 9.88 Å². The van der Waals surface area contributed by atoms with Crippen molar-refractivity contribution in [3.8, 4) is 0 Å². The number of aryl methyl sites for hydroxylation is 2. The smallest absolute Gasteiger partial charge is 0.0897 e. The van der Waals surface area contributed by atoms with Gasteiger partial charge in [0.1, 0.15) is 0 Å². The zero-order chi connectivity index (χ0) is 13.9. The van der Waals surface area contributed by atoms with Gasteiger partial charge in [-0.05, 0) is 26.0 Å². The monoisotopic (exact) mass is 287 g/mol. The van der Waals surface area contributed by atoms with Crippen LogP contribution in [0.1, 0.15) is 16.3 Å². The van der Waals surface area contributed by atoms with Crippen LogP contribution in [0.4, 0.5) is 5.69 Å². The lowest BCUT2D eigenvalue weighted by molar-refractivity contribution is 0.247. The Kier molecular flexibility index (Phi) is 4.03. The third-order valence-corrected chi connectivity index (χ3v) is 4.65. The van der Waals surface area contributed by atoms with Crippen LogP contribution >= 0.6 is 11.3 Å². The van der Waals surface area contributed by atoms with Gasteiger partial charge in [0, 0.05) is 43.8 Å². The van der Waals surface area contributed by atoms with Gasteiger partial charge < -0.3 is 4.90 Å². The van der Waals surface area contributed by atoms with Gasteiger partial charge in [-0.2, -0.15) is 0 Å². The molecule has 2 heterocycles. The lowest BCUT2D eigenvalue weighted by Crippen LogP contribution is -2.46. The molecule has 0 spiro atoms. The number of anilines is 1. The summed E-state index contributed by atoms with van der Waals surface area (Å²) in [5.74, 6) is 0. The predicted octanol–water partition coefficient (Wildman–Crippen LogP) is 3.08. The van der Waals surface area contributed by atoms with Crippen LogP contribution in [0, 0.1) is 13.8 Å². The SMILES string of the molecule is Cc1ccc(N2CCN(Cc3csc(C)n3)CC2)cc1. The van der Waals surface area contributed by atoms with Gasteiger partial charge in [0.05, 0.1) is 10.7 Å². The molecule has 3 nitrogen and oxygen atoms in total. The standard InChI is InChI=1S/C16H21N3S/c1-13-3-5-16(6-4-13)19-9-7-18(8-10-19)11-15-12-20-14(2)17-15/h3-6,12H,7-11H2,1-2H3. The molecule has 1 aliphatic heterocycles. The van der Waals surface area contributed by atoms with Crippen molar-refractivity contribution < 1.29 is 0 Å². The Morgan fingerprint density at radius 3 is 2.35 bits per heavy atom. The Morgan fingerprint density at radius 1 is 1.05 bits per heavy atom. The maximum Gasteiger partial charge on any atom is 0.0897 e. The molecule has 3 rings (SSSR count). The van der Waals surface area contributed by atoms with Gasteiger partial charge in [-0.1, -0.05) is 17.7 Å². The van der Waals surface area contributed by atoms with Gasteiger partial charge in [-0.25, -0.2) is 4.98 Å². The fraction of sp³-hybridized carbons (Fsp3) is 0.438. The Labute approximate surface area is 124 Å². The summed E-state index contributed by atoms with van der Waals surface area (Å²) in [6, 6.07) is 8.85. The van der Waals surface area contributed by atoms with E-state index in [9.17, 15) is 0 Å². The molecule has 0 bridgehead atoms. The number of rotatable bonds is 3. The molecule has 2 aromatic rings. The highest BCUT2D eigenvalue weighted by molar-refractivity contribution is 7.09. The van der Waals surface area contributed by atoms with Crippen molar-refractivity contribution in [2.24, 2.45) is 0 Å². The highest BCUT2D eigenvalue weighted by Gasteiger charge is 2.17. The van der Waals surface area contributed by atoms with E-state index in [1.165, 1.54) is 22.0 Å². The number of piperazine rings is 1. The molecule has 0 aliphatic carbocycles. The van der Waals surface area contributed by atoms with Gasteiger partial charge >= 0.3 is 0 Å². The van der Waals surface area contributed by atoms with Crippen LogP contribution in [0.3, 0.4) is 0 Å². The topological polar surface area (TPSA) is 19.4 Å². The maximum atomic E-state index is 4.55. The number of hydrogen-bond acceptors (Lipinski definition) is 4. The minimum atomic E-state index is 0.992. The van der Waals surface area contributed by atoms with E-state index in [-0.39, 0.29) is 0 Å². The number of aromatic nitrogens is 1. The molecular weight excluding hydrogens is 266 g/mol. The van der Waals surface area contributed by atoms with Crippen molar-refractivity contribution in [3.63, 3.8) is 0 Å². The van der Waals surface area contributed by atoms with E-state index in [1.54, 1.807) is 11.3 Å². The quantitative estimate of drug-likeness (QED) is 0.865. The van der Waals surface area contributed by atoms with Crippen LogP contribution in [0.5, 0.6) is 0 Å². The summed E-state index contributed by atoms with van der Waals surface area (Å²) in [4.78, 5) is 9.53. The van der Waals surface area contributed by atoms with E-state index in [4.69, 9.17) is 0 Å². The molecule has 1 aromatic carbocycles. The van der Waals surface area contributed by atoms with E-state index in [0.717, 1.165) is 32.7 Å². The van der Waals surface area contributed by atoms with E-state index in [2.05, 4.69) is 58.3 Å². The van der Waals surface area contributed by atoms with E-state index >= 15 is 0 Å². The zero-order valence-corrected chi connectivity index (χ0v) is 13.0. The lowest BCUT2D eigenvalue weighted by atomic mass is 10.2. The average Bonchev–Trinajstić information content (AvgIpc) is 2.86. The second kappa shape index (κ2) is 5.94. The molecule has 0 N–H and O–H groups in total. The summed E-state index contributed by atoms with van der Waals surface area (Å²) in [6.07, 6.45) is 0. The molecule has 1 saturated heterocycles. The molecule has 0 atom stereocenters. The summed E-state index contributed by atoms with van der Waals surface area (Å²) in [6.45, 7) is 9.64. The molecular formula is C16H21N3S. The molecule has 0 unspecified atom stereocenters. The molecule has 0 saturated carbocycles. The summed E-state index contributed by atoms with van der Waals surface area (Å²) >= 11 is 1.74. The number of hydrogen-bond donors (Lipinski definition) is 0. The summed E-state index contributed by atoms with van der Waals surface area (Å²) < 4.78 is 0. The van der Waals surface area contributed by atoms with Gasteiger partial charge in [0.25, 0.3) is 0 Å². The van der Waals surface area contributed by atoms with E-state index in [0.29, 0.717) is 0 Å². The molecule has 1 aliphatic rings. The maximum absolute atomic E-state index is 4.55. The highest BCUT2D eigenvalue weighted by atomic mass is 32.1. The van der Waals surface area contributed by atoms with E-state index < -0.39 is 0 Å². The average molecular weight is 287 g/mol. The predicted molar refractivity (Wildman–Crippen MR) is 85.5 cm³/mol. The van der Waals surface area contributed by atoms with Gasteiger partial charge in [-0.15, -0.1) is 11.3 Å². The first kappa shape index (κ1) is 13.6. The minimum Gasteiger partial charge on any atom is -0.369 e. The van der Waals surface area contributed by atoms with Crippen molar-refractivity contribution in [2.45, 2.75) is 20.4 Å². The van der Waals surface area contributed by atoms with Crippen LogP contribution in [0.15, 0.2) is 29.6 Å². The van der Waals surface area contributed by atoms with Crippen molar-refractivity contribution >= 4 is 17.0 Å². The van der Waals surface area contributed by atoms with Gasteiger partial charge in [0.2, 0.25) is 0 Å². The van der Waals surface area contributed by atoms with Gasteiger partial charge in [-0.3, -0.25) is 4.90 Å². The second-order valence-corrected chi connectivity index (χ2v) is 6.52. The van der Waals surface area contributed by atoms with Crippen LogP contribution in [-0.4, -0.2) is 36.1 Å². The largest absolute Gasteiger partial charge is 0.369 e. The fourth-order valence-corrected chi connectivity index (χ4v) is 3.23. The number of thiazole rings is 1. The first-order valence-electron chi connectivity index (χ1n) is 7.16. The first-order valence-corrected chi connectivity index (χ1v) is 8.04. The van der Waals surface area contributed by atoms with E-state index in [1.807, 2.05) is 0 Å². The highest BCUT2D eigenvalue weighted by Crippen LogP contribution is 2.18. The van der Waals surface area contributed by atoms with Crippen LogP contribution < -0.4 is 4.90 Å². The normalized spacial score (nSPS) is 16.6. The Morgan fingerprint density at radius 2 is 1.75 bits per heavy atom. The zero-order valence-electron chi connectivity index (χ0n) is 12.2. The number of nitrogens with zero attached hydrogens (tertiary/aromatic N) is 3. The summed E-state index contributed by atoms with van der Waals surface area (Å²) in [5, 5.41) is 3.35. The second-order valence-electron chi connectivity index (χ2n) is 5.46. The molecule has 0 radical (unpaired) electrons. The molecule has 1 aromatic heterocycles. The van der Waals surface area contributed by atoms with Gasteiger partial charge in [0.15, 0.2) is 0 Å². The molecule has 106 valence electrons. The third kappa shape index (κ3) is 3.19. The van der Waals surface area contributed by atoms with Crippen LogP contribution in [-0.2, 0) is 6.54 Å².